The number of aromatic amines is 1. The SMILES string of the molecule is CCc1c[nH]c(=S)n1-c1cc(F)c(Br)cc1C. The molecule has 1 aromatic carbocycles. The second kappa shape index (κ2) is 4.74. The molecule has 5 heteroatoms. The van der Waals surface area contributed by atoms with Crippen LogP contribution in [0.2, 0.25) is 0 Å². The molecule has 17 heavy (non-hydrogen) atoms. The number of nitrogens with zero attached hydrogens (tertiary/aromatic N) is 1. The number of H-pyrrole nitrogens is 1. The molecule has 1 N–H and O–H groups in total. The highest BCUT2D eigenvalue weighted by atomic mass is 79.9. The molecule has 0 aliphatic heterocycles. The van der Waals surface area contributed by atoms with Gasteiger partial charge in [0.2, 0.25) is 0 Å². The molecule has 0 unspecified atom stereocenters. The Hall–Kier alpha value is -0.940. The minimum atomic E-state index is -0.282. The zero-order valence-electron chi connectivity index (χ0n) is 9.55. The van der Waals surface area contributed by atoms with Crippen LogP contribution in [0.15, 0.2) is 22.8 Å². The van der Waals surface area contributed by atoms with Crippen LogP contribution in [0.25, 0.3) is 5.69 Å². The molecule has 2 aromatic rings. The van der Waals surface area contributed by atoms with E-state index in [4.69, 9.17) is 12.2 Å². The van der Waals surface area contributed by atoms with E-state index in [0.29, 0.717) is 9.24 Å². The first kappa shape index (κ1) is 12.5. The van der Waals surface area contributed by atoms with Gasteiger partial charge in [0.05, 0.1) is 10.2 Å². The number of nitrogens with one attached hydrogen (secondary N) is 1. The number of imidazole rings is 1. The number of hydrogen-bond donors (Lipinski definition) is 1. The molecule has 0 radical (unpaired) electrons. The average Bonchev–Trinajstić information content (AvgIpc) is 2.65. The van der Waals surface area contributed by atoms with E-state index in [1.165, 1.54) is 6.07 Å². The zero-order valence-corrected chi connectivity index (χ0v) is 12.0. The molecule has 2 rings (SSSR count). The molecule has 0 bridgehead atoms. The molecule has 0 spiro atoms. The van der Waals surface area contributed by atoms with E-state index in [1.807, 2.05) is 24.6 Å². The van der Waals surface area contributed by atoms with Crippen molar-refractivity contribution in [1.29, 1.82) is 0 Å². The maximum absolute atomic E-state index is 13.6. The normalized spacial score (nSPS) is 10.8. The molecule has 1 aromatic heterocycles. The number of hydrogen-bond acceptors (Lipinski definition) is 1. The molecule has 0 aliphatic carbocycles. The quantitative estimate of drug-likeness (QED) is 0.819. The predicted octanol–water partition coefficient (Wildman–Crippen LogP) is 4.31. The lowest BCUT2D eigenvalue weighted by Crippen LogP contribution is -2.02. The third kappa shape index (κ3) is 2.21. The Balaban J connectivity index is 2.72. The molecular weight excluding hydrogens is 303 g/mol. The monoisotopic (exact) mass is 314 g/mol. The van der Waals surface area contributed by atoms with Gasteiger partial charge in [-0.15, -0.1) is 0 Å². The van der Waals surface area contributed by atoms with Crippen molar-refractivity contribution in [3.63, 3.8) is 0 Å². The summed E-state index contributed by atoms with van der Waals surface area (Å²) in [5.74, 6) is -0.282. The van der Waals surface area contributed by atoms with Gasteiger partial charge in [0.15, 0.2) is 4.77 Å². The van der Waals surface area contributed by atoms with Crippen molar-refractivity contribution >= 4 is 28.1 Å². The maximum Gasteiger partial charge on any atom is 0.182 e. The van der Waals surface area contributed by atoms with Crippen LogP contribution in [0, 0.1) is 17.5 Å². The van der Waals surface area contributed by atoms with Crippen LogP contribution in [-0.2, 0) is 6.42 Å². The van der Waals surface area contributed by atoms with Gasteiger partial charge in [0, 0.05) is 11.9 Å². The van der Waals surface area contributed by atoms with E-state index in [0.717, 1.165) is 23.4 Å². The molecule has 0 saturated heterocycles. The summed E-state index contributed by atoms with van der Waals surface area (Å²) in [6.07, 6.45) is 2.70. The Bertz CT molecular complexity index is 615. The van der Waals surface area contributed by atoms with Gasteiger partial charge in [-0.3, -0.25) is 4.57 Å². The lowest BCUT2D eigenvalue weighted by molar-refractivity contribution is 0.619. The Morgan fingerprint density at radius 3 is 2.82 bits per heavy atom. The zero-order chi connectivity index (χ0) is 12.6. The molecule has 0 saturated carbocycles. The number of benzene rings is 1. The van der Waals surface area contributed by atoms with Crippen molar-refractivity contribution in [2.45, 2.75) is 20.3 Å². The smallest absolute Gasteiger partial charge is 0.182 e. The average molecular weight is 315 g/mol. The van der Waals surface area contributed by atoms with Crippen molar-refractivity contribution in [1.82, 2.24) is 9.55 Å². The van der Waals surface area contributed by atoms with E-state index >= 15 is 0 Å². The topological polar surface area (TPSA) is 20.7 Å². The first-order chi connectivity index (χ1) is 8.04. The van der Waals surface area contributed by atoms with E-state index < -0.39 is 0 Å². The highest BCUT2D eigenvalue weighted by molar-refractivity contribution is 9.10. The summed E-state index contributed by atoms with van der Waals surface area (Å²) in [7, 11) is 0. The van der Waals surface area contributed by atoms with Crippen LogP contribution in [0.5, 0.6) is 0 Å². The van der Waals surface area contributed by atoms with Crippen molar-refractivity contribution in [3.05, 3.63) is 44.6 Å². The number of halogens is 2. The highest BCUT2D eigenvalue weighted by Crippen LogP contribution is 2.24. The van der Waals surface area contributed by atoms with Crippen LogP contribution < -0.4 is 0 Å². The van der Waals surface area contributed by atoms with Crippen LogP contribution >= 0.6 is 28.1 Å². The second-order valence-electron chi connectivity index (χ2n) is 3.83. The number of aryl methyl sites for hydroxylation is 2. The van der Waals surface area contributed by atoms with E-state index in [9.17, 15) is 4.39 Å². The van der Waals surface area contributed by atoms with Gasteiger partial charge in [-0.1, -0.05) is 6.92 Å². The Labute approximate surface area is 113 Å². The fraction of sp³-hybridized carbons (Fsp3) is 0.250. The molecule has 90 valence electrons. The van der Waals surface area contributed by atoms with Gasteiger partial charge >= 0.3 is 0 Å². The highest BCUT2D eigenvalue weighted by Gasteiger charge is 2.10. The van der Waals surface area contributed by atoms with Gasteiger partial charge in [-0.05, 0) is 59.2 Å². The maximum atomic E-state index is 13.6. The summed E-state index contributed by atoms with van der Waals surface area (Å²) in [6.45, 7) is 3.98. The van der Waals surface area contributed by atoms with Gasteiger partial charge in [-0.2, -0.15) is 0 Å². The molecule has 0 atom stereocenters. The Morgan fingerprint density at radius 2 is 2.18 bits per heavy atom. The van der Waals surface area contributed by atoms with Gasteiger partial charge < -0.3 is 4.98 Å². The predicted molar refractivity (Wildman–Crippen MR) is 72.7 cm³/mol. The summed E-state index contributed by atoms with van der Waals surface area (Å²) in [5.41, 5.74) is 2.80. The van der Waals surface area contributed by atoms with Gasteiger partial charge in [0.1, 0.15) is 5.82 Å². The van der Waals surface area contributed by atoms with E-state index in [-0.39, 0.29) is 5.82 Å². The lowest BCUT2D eigenvalue weighted by Gasteiger charge is -2.11. The van der Waals surface area contributed by atoms with Crippen LogP contribution in [0.4, 0.5) is 4.39 Å². The first-order valence-corrected chi connectivity index (χ1v) is 6.50. The fourth-order valence-corrected chi connectivity index (χ4v) is 2.54. The minimum Gasteiger partial charge on any atom is -0.337 e. The Morgan fingerprint density at radius 1 is 1.47 bits per heavy atom. The van der Waals surface area contributed by atoms with Crippen molar-refractivity contribution < 1.29 is 4.39 Å². The summed E-state index contributed by atoms with van der Waals surface area (Å²) in [4.78, 5) is 2.99. The van der Waals surface area contributed by atoms with Crippen LogP contribution in [0.3, 0.4) is 0 Å². The Kier molecular flexibility index (Phi) is 3.49. The van der Waals surface area contributed by atoms with Gasteiger partial charge in [-0.25, -0.2) is 4.39 Å². The van der Waals surface area contributed by atoms with E-state index in [2.05, 4.69) is 20.9 Å². The molecule has 0 aliphatic rings. The van der Waals surface area contributed by atoms with E-state index in [1.54, 1.807) is 6.07 Å². The van der Waals surface area contributed by atoms with Crippen molar-refractivity contribution in [2.75, 3.05) is 0 Å². The summed E-state index contributed by atoms with van der Waals surface area (Å²) in [5, 5.41) is 0. The number of rotatable bonds is 2. The molecule has 2 nitrogen and oxygen atoms in total. The first-order valence-electron chi connectivity index (χ1n) is 5.30. The molecule has 1 heterocycles. The summed E-state index contributed by atoms with van der Waals surface area (Å²) >= 11 is 8.41. The van der Waals surface area contributed by atoms with Crippen molar-refractivity contribution in [2.24, 2.45) is 0 Å². The van der Waals surface area contributed by atoms with Crippen molar-refractivity contribution in [3.8, 4) is 5.69 Å². The number of aromatic nitrogens is 2. The third-order valence-electron chi connectivity index (χ3n) is 2.69. The lowest BCUT2D eigenvalue weighted by atomic mass is 10.2. The van der Waals surface area contributed by atoms with Crippen LogP contribution in [-0.4, -0.2) is 9.55 Å². The second-order valence-corrected chi connectivity index (χ2v) is 5.07. The standard InChI is InChI=1S/C12H12BrFN2S/c1-3-8-6-15-12(17)16(8)11-5-10(14)9(13)4-7(11)2/h4-6H,3H2,1-2H3,(H,15,17). The van der Waals surface area contributed by atoms with Crippen LogP contribution in [0.1, 0.15) is 18.2 Å². The summed E-state index contributed by atoms with van der Waals surface area (Å²) in [6, 6.07) is 3.26. The molecule has 0 amide bonds. The van der Waals surface area contributed by atoms with Gasteiger partial charge in [0.25, 0.3) is 0 Å². The molecule has 0 fully saturated rings. The molecular formula is C12H12BrFN2S. The fourth-order valence-electron chi connectivity index (χ4n) is 1.81. The minimum absolute atomic E-state index is 0.282. The third-order valence-corrected chi connectivity index (χ3v) is 3.60. The summed E-state index contributed by atoms with van der Waals surface area (Å²) < 4.78 is 16.5. The largest absolute Gasteiger partial charge is 0.337 e.